The summed E-state index contributed by atoms with van der Waals surface area (Å²) in [4.78, 5) is 12.6. The number of ketones is 1. The number of Topliss-reactive ketones (excluding diaryl/α,β-unsaturated/α-hetero) is 1. The van der Waals surface area contributed by atoms with E-state index in [0.717, 1.165) is 19.6 Å². The number of likely N-dealkylation sites (N-methyl/N-ethyl adjacent to an activating group) is 1. The fourth-order valence-electron chi connectivity index (χ4n) is 0.692. The lowest BCUT2D eigenvalue weighted by molar-refractivity contribution is -0.116. The van der Waals surface area contributed by atoms with Crippen LogP contribution in [0.1, 0.15) is 13.3 Å². The standard InChI is InChI=1S/C8H18N2O/c1-8(11)4-5-9-6-7-10(2)3/h9H,4-7H2,1-3H3. The van der Waals surface area contributed by atoms with Gasteiger partial charge in [0.2, 0.25) is 0 Å². The van der Waals surface area contributed by atoms with E-state index in [9.17, 15) is 4.79 Å². The highest BCUT2D eigenvalue weighted by atomic mass is 16.1. The third-order valence-corrected chi connectivity index (χ3v) is 1.39. The molecule has 0 aliphatic carbocycles. The molecule has 0 aliphatic rings. The molecular weight excluding hydrogens is 140 g/mol. The molecule has 66 valence electrons. The smallest absolute Gasteiger partial charge is 0.131 e. The number of carbonyl (C=O) groups is 1. The molecule has 0 aliphatic heterocycles. The zero-order valence-electron chi connectivity index (χ0n) is 7.68. The molecule has 0 aromatic heterocycles. The van der Waals surface area contributed by atoms with Crippen LogP contribution < -0.4 is 5.32 Å². The van der Waals surface area contributed by atoms with Crippen molar-refractivity contribution in [3.05, 3.63) is 0 Å². The van der Waals surface area contributed by atoms with E-state index in [1.807, 2.05) is 14.1 Å². The van der Waals surface area contributed by atoms with E-state index in [4.69, 9.17) is 0 Å². The Bertz CT molecular complexity index is 113. The van der Waals surface area contributed by atoms with Gasteiger partial charge in [0.05, 0.1) is 0 Å². The molecule has 0 saturated carbocycles. The van der Waals surface area contributed by atoms with Crippen LogP contribution in [0, 0.1) is 0 Å². The summed E-state index contributed by atoms with van der Waals surface area (Å²) in [6.07, 6.45) is 0.646. The van der Waals surface area contributed by atoms with E-state index in [-0.39, 0.29) is 5.78 Å². The Hall–Kier alpha value is -0.410. The van der Waals surface area contributed by atoms with Crippen LogP contribution >= 0.6 is 0 Å². The molecule has 3 nitrogen and oxygen atoms in total. The van der Waals surface area contributed by atoms with Gasteiger partial charge in [-0.05, 0) is 21.0 Å². The number of carbonyl (C=O) groups excluding carboxylic acids is 1. The quantitative estimate of drug-likeness (QED) is 0.557. The van der Waals surface area contributed by atoms with Gasteiger partial charge in [0.1, 0.15) is 5.78 Å². The lowest BCUT2D eigenvalue weighted by Gasteiger charge is -2.09. The molecular formula is C8H18N2O. The van der Waals surface area contributed by atoms with Crippen molar-refractivity contribution >= 4 is 5.78 Å². The highest BCUT2D eigenvalue weighted by Crippen LogP contribution is 1.77. The van der Waals surface area contributed by atoms with E-state index >= 15 is 0 Å². The summed E-state index contributed by atoms with van der Waals surface area (Å²) in [5.74, 6) is 0.252. The highest BCUT2D eigenvalue weighted by molar-refractivity contribution is 5.75. The maximum absolute atomic E-state index is 10.5. The van der Waals surface area contributed by atoms with E-state index in [1.54, 1.807) is 6.92 Å². The Morgan fingerprint density at radius 1 is 1.36 bits per heavy atom. The summed E-state index contributed by atoms with van der Waals surface area (Å²) in [6, 6.07) is 0. The molecule has 0 saturated heterocycles. The largest absolute Gasteiger partial charge is 0.315 e. The summed E-state index contributed by atoms with van der Waals surface area (Å²) >= 11 is 0. The van der Waals surface area contributed by atoms with Crippen molar-refractivity contribution in [2.45, 2.75) is 13.3 Å². The summed E-state index contributed by atoms with van der Waals surface area (Å²) < 4.78 is 0. The first-order chi connectivity index (χ1) is 5.13. The highest BCUT2D eigenvalue weighted by Gasteiger charge is 1.92. The third kappa shape index (κ3) is 9.59. The molecule has 0 aromatic rings. The van der Waals surface area contributed by atoms with Crippen LogP contribution in [-0.4, -0.2) is 44.4 Å². The average molecular weight is 158 g/mol. The molecule has 1 N–H and O–H groups in total. The van der Waals surface area contributed by atoms with E-state index in [1.165, 1.54) is 0 Å². The second-order valence-corrected chi connectivity index (χ2v) is 3.01. The monoisotopic (exact) mass is 158 g/mol. The van der Waals surface area contributed by atoms with Crippen LogP contribution in [0.2, 0.25) is 0 Å². The van der Waals surface area contributed by atoms with Gasteiger partial charge in [-0.2, -0.15) is 0 Å². The number of hydrogen-bond acceptors (Lipinski definition) is 3. The van der Waals surface area contributed by atoms with E-state index < -0.39 is 0 Å². The minimum Gasteiger partial charge on any atom is -0.315 e. The van der Waals surface area contributed by atoms with Gasteiger partial charge in [-0.15, -0.1) is 0 Å². The molecule has 0 fully saturated rings. The van der Waals surface area contributed by atoms with Crippen molar-refractivity contribution in [2.75, 3.05) is 33.7 Å². The summed E-state index contributed by atoms with van der Waals surface area (Å²) in [5, 5.41) is 3.19. The molecule has 0 spiro atoms. The molecule has 0 radical (unpaired) electrons. The van der Waals surface area contributed by atoms with Crippen molar-refractivity contribution in [1.29, 1.82) is 0 Å². The minimum atomic E-state index is 0.252. The van der Waals surface area contributed by atoms with Gasteiger partial charge in [-0.25, -0.2) is 0 Å². The fourth-order valence-corrected chi connectivity index (χ4v) is 0.692. The fraction of sp³-hybridized carbons (Fsp3) is 0.875. The van der Waals surface area contributed by atoms with Gasteiger partial charge in [0.15, 0.2) is 0 Å². The second-order valence-electron chi connectivity index (χ2n) is 3.01. The van der Waals surface area contributed by atoms with Crippen LogP contribution in [0.5, 0.6) is 0 Å². The van der Waals surface area contributed by atoms with Gasteiger partial charge >= 0.3 is 0 Å². The van der Waals surface area contributed by atoms with Gasteiger partial charge in [-0.1, -0.05) is 0 Å². The van der Waals surface area contributed by atoms with Crippen molar-refractivity contribution in [3.8, 4) is 0 Å². The molecule has 0 amide bonds. The van der Waals surface area contributed by atoms with Crippen LogP contribution in [-0.2, 0) is 4.79 Å². The van der Waals surface area contributed by atoms with Gasteiger partial charge < -0.3 is 10.2 Å². The first-order valence-electron chi connectivity index (χ1n) is 3.98. The van der Waals surface area contributed by atoms with E-state index in [0.29, 0.717) is 6.42 Å². The second kappa shape index (κ2) is 6.31. The number of rotatable bonds is 6. The Balaban J connectivity index is 2.97. The van der Waals surface area contributed by atoms with Crippen molar-refractivity contribution in [2.24, 2.45) is 0 Å². The Morgan fingerprint density at radius 3 is 2.45 bits per heavy atom. The predicted molar refractivity (Wildman–Crippen MR) is 46.7 cm³/mol. The van der Waals surface area contributed by atoms with Crippen molar-refractivity contribution in [3.63, 3.8) is 0 Å². The van der Waals surface area contributed by atoms with Crippen molar-refractivity contribution in [1.82, 2.24) is 10.2 Å². The summed E-state index contributed by atoms with van der Waals surface area (Å²) in [5.41, 5.74) is 0. The lowest BCUT2D eigenvalue weighted by atomic mass is 10.3. The van der Waals surface area contributed by atoms with Gasteiger partial charge in [-0.3, -0.25) is 4.79 Å². The third-order valence-electron chi connectivity index (χ3n) is 1.39. The van der Waals surface area contributed by atoms with Crippen LogP contribution in [0.4, 0.5) is 0 Å². The molecule has 0 aromatic carbocycles. The zero-order valence-corrected chi connectivity index (χ0v) is 7.68. The Morgan fingerprint density at radius 2 is 2.00 bits per heavy atom. The Labute approximate surface area is 68.8 Å². The molecule has 11 heavy (non-hydrogen) atoms. The lowest BCUT2D eigenvalue weighted by Crippen LogP contribution is -2.27. The molecule has 0 unspecified atom stereocenters. The normalized spacial score (nSPS) is 10.5. The topological polar surface area (TPSA) is 32.3 Å². The van der Waals surface area contributed by atoms with Gasteiger partial charge in [0, 0.05) is 26.1 Å². The molecule has 0 atom stereocenters. The minimum absolute atomic E-state index is 0.252. The molecule has 0 heterocycles. The molecule has 3 heteroatoms. The SMILES string of the molecule is CC(=O)CCNCCN(C)C. The first kappa shape index (κ1) is 10.6. The Kier molecular flexibility index (Phi) is 6.07. The van der Waals surface area contributed by atoms with Crippen LogP contribution in [0.15, 0.2) is 0 Å². The first-order valence-corrected chi connectivity index (χ1v) is 3.98. The maximum Gasteiger partial charge on any atom is 0.131 e. The summed E-state index contributed by atoms with van der Waals surface area (Å²) in [6.45, 7) is 4.41. The van der Waals surface area contributed by atoms with Gasteiger partial charge in [0.25, 0.3) is 0 Å². The molecule has 0 rings (SSSR count). The van der Waals surface area contributed by atoms with Crippen LogP contribution in [0.25, 0.3) is 0 Å². The van der Waals surface area contributed by atoms with E-state index in [2.05, 4.69) is 10.2 Å². The number of hydrogen-bond donors (Lipinski definition) is 1. The zero-order chi connectivity index (χ0) is 8.69. The predicted octanol–water partition coefficient (Wildman–Crippen LogP) is 0.117. The maximum atomic E-state index is 10.5. The summed E-state index contributed by atoms with van der Waals surface area (Å²) in [7, 11) is 4.07. The number of nitrogens with zero attached hydrogens (tertiary/aromatic N) is 1. The molecule has 0 bridgehead atoms. The number of nitrogens with one attached hydrogen (secondary N) is 1. The van der Waals surface area contributed by atoms with Crippen molar-refractivity contribution < 1.29 is 4.79 Å². The van der Waals surface area contributed by atoms with Crippen LogP contribution in [0.3, 0.4) is 0 Å². The average Bonchev–Trinajstić information content (AvgIpc) is 1.85.